The highest BCUT2D eigenvalue weighted by atomic mass is 32.2. The van der Waals surface area contributed by atoms with Gasteiger partial charge in [-0.3, -0.25) is 19.3 Å². The number of hydrogen-bond acceptors (Lipinski definition) is 11. The van der Waals surface area contributed by atoms with E-state index in [1.807, 2.05) is 0 Å². The van der Waals surface area contributed by atoms with E-state index in [1.165, 1.54) is 22.0 Å². The monoisotopic (exact) mass is 564 g/mol. The van der Waals surface area contributed by atoms with Gasteiger partial charge in [0.2, 0.25) is 0 Å². The third-order valence-electron chi connectivity index (χ3n) is 7.63. The van der Waals surface area contributed by atoms with Gasteiger partial charge in [-0.25, -0.2) is 4.98 Å². The average molecular weight is 565 g/mol. The molecule has 5 rings (SSSR count). The molecule has 0 unspecified atom stereocenters. The van der Waals surface area contributed by atoms with E-state index in [0.717, 1.165) is 54.6 Å². The number of β-lactam (4-membered cyclic amide) rings is 1. The first kappa shape index (κ1) is 26.4. The molecule has 4 aliphatic rings. The average Bonchev–Trinajstić information content (AvgIpc) is 3.57. The summed E-state index contributed by atoms with van der Waals surface area (Å²) in [6.45, 7) is 2.37. The molecule has 4 aliphatic heterocycles. The van der Waals surface area contributed by atoms with Gasteiger partial charge in [-0.05, 0) is 0 Å². The van der Waals surface area contributed by atoms with E-state index in [2.05, 4.69) is 15.5 Å². The Bertz CT molecular complexity index is 1220. The van der Waals surface area contributed by atoms with E-state index < -0.39 is 35.2 Å². The van der Waals surface area contributed by atoms with Gasteiger partial charge in [-0.15, -0.1) is 23.1 Å². The second-order valence-electron chi connectivity index (χ2n) is 9.85. The Morgan fingerprint density at radius 3 is 2.68 bits per heavy atom. The summed E-state index contributed by atoms with van der Waals surface area (Å²) in [7, 11) is 0. The smallest absolute Gasteiger partial charge is 0.306 e. The van der Waals surface area contributed by atoms with Crippen molar-refractivity contribution < 1.29 is 38.7 Å². The number of amides is 2. The Labute approximate surface area is 226 Å². The number of hydrogen-bond donors (Lipinski definition) is 3. The first-order chi connectivity index (χ1) is 18.2. The molecule has 4 N–H and O–H groups in total. The maximum absolute atomic E-state index is 13.2. The molecule has 13 nitrogen and oxygen atoms in total. The molecule has 0 aromatic carbocycles. The van der Waals surface area contributed by atoms with Crippen molar-refractivity contribution in [1.29, 1.82) is 0 Å². The number of thiazole rings is 1. The molecule has 3 fully saturated rings. The molecule has 0 saturated carbocycles. The highest BCUT2D eigenvalue weighted by Crippen LogP contribution is 2.43. The molecule has 1 aromatic heterocycles. The van der Waals surface area contributed by atoms with E-state index in [-0.39, 0.29) is 35.3 Å². The number of carbonyl (C=O) groups is 4. The fraction of sp³-hybridized carbons (Fsp3) is 0.565. The minimum atomic E-state index is -1.39. The largest absolute Gasteiger partial charge is 0.543 e. The summed E-state index contributed by atoms with van der Waals surface area (Å²) in [5, 5.41) is 28.4. The molecule has 2 atom stereocenters. The fourth-order valence-corrected chi connectivity index (χ4v) is 7.85. The first-order valence-corrected chi connectivity index (χ1v) is 14.3. The molecule has 204 valence electrons. The molecular formula is C23H28N6O7S2. The van der Waals surface area contributed by atoms with E-state index >= 15 is 0 Å². The van der Waals surface area contributed by atoms with Crippen LogP contribution in [0.25, 0.3) is 0 Å². The number of nitrogens with zero attached hydrogens (tertiary/aromatic N) is 4. The maximum Gasteiger partial charge on any atom is 0.306 e. The normalized spacial score (nSPS) is 28.5. The molecule has 2 amide bonds. The van der Waals surface area contributed by atoms with Crippen molar-refractivity contribution in [1.82, 2.24) is 15.2 Å². The van der Waals surface area contributed by atoms with Crippen LogP contribution in [0.4, 0.5) is 5.13 Å². The van der Waals surface area contributed by atoms with E-state index in [0.29, 0.717) is 23.9 Å². The number of oxime groups is 1. The quantitative estimate of drug-likeness (QED) is 0.106. The molecule has 0 radical (unpaired) electrons. The topological polar surface area (TPSA) is 187 Å². The van der Waals surface area contributed by atoms with Crippen molar-refractivity contribution in [3.63, 3.8) is 0 Å². The lowest BCUT2D eigenvalue weighted by Gasteiger charge is -2.51. The van der Waals surface area contributed by atoms with Crippen molar-refractivity contribution in [3.05, 3.63) is 22.3 Å². The number of fused-ring (bicyclic) bond motifs is 2. The van der Waals surface area contributed by atoms with Crippen LogP contribution in [0, 0.1) is 0 Å². The number of quaternary nitrogens is 1. The highest BCUT2D eigenvalue weighted by Gasteiger charge is 2.55. The predicted octanol–water partition coefficient (Wildman–Crippen LogP) is -0.902. The zero-order chi connectivity index (χ0) is 27.0. The molecule has 0 aliphatic carbocycles. The Morgan fingerprint density at radius 1 is 1.32 bits per heavy atom. The van der Waals surface area contributed by atoms with E-state index in [4.69, 9.17) is 15.7 Å². The zero-order valence-corrected chi connectivity index (χ0v) is 22.1. The van der Waals surface area contributed by atoms with Crippen LogP contribution in [-0.4, -0.2) is 98.4 Å². The Balaban J connectivity index is 1.32. The number of nitrogen functional groups attached to an aromatic ring is 1. The van der Waals surface area contributed by atoms with Gasteiger partial charge in [0.1, 0.15) is 30.3 Å². The summed E-state index contributed by atoms with van der Waals surface area (Å²) < 4.78 is 0.887. The Hall–Kier alpha value is -3.17. The lowest BCUT2D eigenvalue weighted by molar-refractivity contribution is -0.922. The van der Waals surface area contributed by atoms with Gasteiger partial charge in [0, 0.05) is 42.4 Å². The van der Waals surface area contributed by atoms with Gasteiger partial charge in [0.05, 0.1) is 37.2 Å². The van der Waals surface area contributed by atoms with Crippen LogP contribution >= 0.6 is 23.1 Å². The molecular weight excluding hydrogens is 536 g/mol. The lowest BCUT2D eigenvalue weighted by Crippen LogP contribution is -2.72. The van der Waals surface area contributed by atoms with Gasteiger partial charge in [0.25, 0.3) is 11.8 Å². The second-order valence-corrected chi connectivity index (χ2v) is 11.8. The van der Waals surface area contributed by atoms with Crippen LogP contribution in [0.15, 0.2) is 21.8 Å². The minimum absolute atomic E-state index is 0.0764. The van der Waals surface area contributed by atoms with Crippen LogP contribution in [-0.2, 0) is 24.0 Å². The minimum Gasteiger partial charge on any atom is -0.543 e. The second kappa shape index (κ2) is 10.5. The van der Waals surface area contributed by atoms with Gasteiger partial charge in [-0.1, -0.05) is 5.16 Å². The molecule has 0 bridgehead atoms. The summed E-state index contributed by atoms with van der Waals surface area (Å²) in [6.07, 6.45) is 4.22. The van der Waals surface area contributed by atoms with Crippen LogP contribution in [0.2, 0.25) is 0 Å². The number of aromatic nitrogens is 1. The zero-order valence-electron chi connectivity index (χ0n) is 20.5. The van der Waals surface area contributed by atoms with Crippen molar-refractivity contribution in [2.24, 2.45) is 5.16 Å². The number of rotatable bonds is 10. The number of carboxylic acids is 2. The van der Waals surface area contributed by atoms with Gasteiger partial charge in [0.15, 0.2) is 10.8 Å². The Kier molecular flexibility index (Phi) is 7.33. The lowest BCUT2D eigenvalue weighted by atomic mass is 10.0. The van der Waals surface area contributed by atoms with Gasteiger partial charge in [-0.2, -0.15) is 0 Å². The van der Waals surface area contributed by atoms with Gasteiger partial charge >= 0.3 is 5.97 Å². The maximum atomic E-state index is 13.2. The van der Waals surface area contributed by atoms with Crippen LogP contribution in [0.1, 0.15) is 37.8 Å². The number of aliphatic carboxylic acids is 2. The summed E-state index contributed by atoms with van der Waals surface area (Å²) in [4.78, 5) is 59.5. The van der Waals surface area contributed by atoms with Crippen LogP contribution in [0.5, 0.6) is 0 Å². The molecule has 3 saturated heterocycles. The summed E-state index contributed by atoms with van der Waals surface area (Å²) >= 11 is 2.48. The third kappa shape index (κ3) is 4.85. The molecule has 0 spiro atoms. The Morgan fingerprint density at radius 2 is 2.05 bits per heavy atom. The first-order valence-electron chi connectivity index (χ1n) is 12.4. The molecule has 5 heterocycles. The number of carboxylic acid groups (broad SMARTS) is 2. The van der Waals surface area contributed by atoms with Crippen molar-refractivity contribution in [2.45, 2.75) is 49.6 Å². The number of anilines is 1. The molecule has 15 heteroatoms. The van der Waals surface area contributed by atoms with Crippen molar-refractivity contribution >= 4 is 57.7 Å². The van der Waals surface area contributed by atoms with Crippen molar-refractivity contribution in [3.8, 4) is 0 Å². The molecule has 38 heavy (non-hydrogen) atoms. The number of nitrogens with one attached hydrogen (secondary N) is 1. The number of carbonyl (C=O) groups excluding carboxylic acids is 3. The molecule has 1 aromatic rings. The predicted molar refractivity (Wildman–Crippen MR) is 135 cm³/mol. The number of thioether (sulfide) groups is 1. The summed E-state index contributed by atoms with van der Waals surface area (Å²) in [5.41, 5.74) is 6.15. The summed E-state index contributed by atoms with van der Waals surface area (Å²) in [6, 6.07) is -0.440. The standard InChI is InChI=1S/C23H28N6O7S2/c24-23-25-14(11-38-23)16(27-36-8-5-15(30)31)19(32)26-17-20(33)28-18(22(34)35)12(10-37-21(17)28)9-29-6-1-3-13(29)4-2-7-29/h11,13,17,21H,1-10H2,(H4-,24,25,26,30,31,32,34,35)/b27-16-/t13?,17-,21-,29?/m1/s1. The fourth-order valence-electron chi connectivity index (χ4n) is 5.97. The van der Waals surface area contributed by atoms with Crippen LogP contribution in [0.3, 0.4) is 0 Å². The highest BCUT2D eigenvalue weighted by molar-refractivity contribution is 8.00. The summed E-state index contributed by atoms with van der Waals surface area (Å²) in [5.74, 6) is -3.37. The van der Waals surface area contributed by atoms with Gasteiger partial charge < -0.3 is 35.4 Å². The van der Waals surface area contributed by atoms with E-state index in [9.17, 15) is 24.3 Å². The van der Waals surface area contributed by atoms with Crippen molar-refractivity contribution in [2.75, 3.05) is 37.7 Å². The number of nitrogens with two attached hydrogens (primary N) is 1. The van der Waals surface area contributed by atoms with Crippen LogP contribution < -0.4 is 16.2 Å². The third-order valence-corrected chi connectivity index (χ3v) is 9.65. The van der Waals surface area contributed by atoms with E-state index in [1.54, 1.807) is 0 Å². The SMILES string of the molecule is Nc1nc(/C(=N/OCCC(=O)O)C(=O)N[C@@H]2C(=O)N3C(C(=O)[O-])=C(C[N+]45CCCC4CCC5)CS[C@H]23)cs1.